The fraction of sp³-hybridized carbons (Fsp3) is 0.464. The molecule has 0 saturated carbocycles. The molecule has 0 bridgehead atoms. The van der Waals surface area contributed by atoms with Crippen molar-refractivity contribution < 1.29 is 43.6 Å². The van der Waals surface area contributed by atoms with Crippen molar-refractivity contribution in [3.63, 3.8) is 0 Å². The molecule has 2 aromatic carbocycles. The molecule has 2 amide bonds. The third-order valence-electron chi connectivity index (χ3n) is 7.58. The van der Waals surface area contributed by atoms with Crippen LogP contribution in [0.5, 0.6) is 5.75 Å². The molecule has 42 heavy (non-hydrogen) atoms. The Kier molecular flexibility index (Phi) is 8.87. The highest BCUT2D eigenvalue weighted by atomic mass is 19.1. The summed E-state index contributed by atoms with van der Waals surface area (Å²) in [5, 5.41) is 34.5. The molecule has 0 spiro atoms. The second-order valence-electron chi connectivity index (χ2n) is 10.8. The first-order valence-electron chi connectivity index (χ1n) is 13.3. The number of nitrogens with one attached hydrogen (secondary N) is 1. The fourth-order valence-corrected chi connectivity index (χ4v) is 5.41. The van der Waals surface area contributed by atoms with Crippen LogP contribution in [0.15, 0.2) is 36.4 Å². The minimum Gasteiger partial charge on any atom is -0.488 e. The lowest BCUT2D eigenvalue weighted by atomic mass is 9.54. The highest BCUT2D eigenvalue weighted by Crippen LogP contribution is 2.40. The van der Waals surface area contributed by atoms with Crippen LogP contribution < -0.4 is 10.1 Å². The van der Waals surface area contributed by atoms with Crippen LogP contribution in [0, 0.1) is 5.82 Å². The van der Waals surface area contributed by atoms with E-state index in [-0.39, 0.29) is 47.5 Å². The van der Waals surface area contributed by atoms with E-state index in [1.807, 2.05) is 13.8 Å². The third-order valence-corrected chi connectivity index (χ3v) is 7.58. The number of amides is 2. The number of fused-ring (bicyclic) bond motifs is 1. The molecule has 1 fully saturated rings. The van der Waals surface area contributed by atoms with Gasteiger partial charge in [-0.15, -0.1) is 0 Å². The van der Waals surface area contributed by atoms with Crippen LogP contribution in [0.4, 0.5) is 4.39 Å². The number of morpholine rings is 1. The van der Waals surface area contributed by atoms with Crippen molar-refractivity contribution in [1.29, 1.82) is 0 Å². The van der Waals surface area contributed by atoms with E-state index in [1.165, 1.54) is 24.3 Å². The molecular formula is C28H32B2FN3O8. The van der Waals surface area contributed by atoms with Crippen molar-refractivity contribution in [3.05, 3.63) is 64.5 Å². The monoisotopic (exact) mass is 579 g/mol. The molecule has 0 aliphatic carbocycles. The Labute approximate surface area is 245 Å². The number of aldehydes is 1. The number of ether oxygens (including phenoxy) is 2. The molecular weight excluding hydrogens is 547 g/mol. The zero-order valence-electron chi connectivity index (χ0n) is 23.5. The van der Waals surface area contributed by atoms with Crippen LogP contribution >= 0.6 is 0 Å². The predicted octanol–water partition coefficient (Wildman–Crippen LogP) is -0.683. The van der Waals surface area contributed by atoms with Gasteiger partial charge in [0.1, 0.15) is 51.2 Å². The number of rotatable bonds is 10. The van der Waals surface area contributed by atoms with Crippen molar-refractivity contribution in [2.45, 2.75) is 62.5 Å². The van der Waals surface area contributed by atoms with Crippen LogP contribution in [-0.2, 0) is 34.0 Å². The molecule has 2 heterocycles. The van der Waals surface area contributed by atoms with Gasteiger partial charge in [-0.1, -0.05) is 12.1 Å². The van der Waals surface area contributed by atoms with Crippen molar-refractivity contribution in [1.82, 2.24) is 15.1 Å². The number of carbonyl (C=O) groups is 3. The van der Waals surface area contributed by atoms with E-state index >= 15 is 0 Å². The smallest absolute Gasteiger partial charge is 0.275 e. The number of hydrogen-bond acceptors (Lipinski definition) is 9. The summed E-state index contributed by atoms with van der Waals surface area (Å²) in [7, 11) is 12.2. The normalized spacial score (nSPS) is 23.3. The molecule has 220 valence electrons. The minimum atomic E-state index is -3.56. The Morgan fingerprint density at radius 1 is 1.19 bits per heavy atom. The molecule has 5 unspecified atom stereocenters. The van der Waals surface area contributed by atoms with Gasteiger partial charge in [-0.2, -0.15) is 0 Å². The Balaban J connectivity index is 1.58. The number of aliphatic hydroxyl groups is 3. The first kappa shape index (κ1) is 31.6. The summed E-state index contributed by atoms with van der Waals surface area (Å²) in [6, 6.07) is 9.11. The number of benzene rings is 2. The molecule has 5 atom stereocenters. The molecule has 1 saturated heterocycles. The second-order valence-corrected chi connectivity index (χ2v) is 10.8. The summed E-state index contributed by atoms with van der Waals surface area (Å²) in [6.07, 6.45) is -0.216. The average Bonchev–Trinajstić information content (AvgIpc) is 3.28. The van der Waals surface area contributed by atoms with Gasteiger partial charge in [0.15, 0.2) is 0 Å². The van der Waals surface area contributed by atoms with Crippen LogP contribution in [0.3, 0.4) is 0 Å². The fourth-order valence-electron chi connectivity index (χ4n) is 5.41. The van der Waals surface area contributed by atoms with Gasteiger partial charge in [0.25, 0.3) is 11.8 Å². The molecule has 4 rings (SSSR count). The topological polar surface area (TPSA) is 149 Å². The number of halogens is 1. The highest BCUT2D eigenvalue weighted by Gasteiger charge is 2.65. The molecule has 14 heteroatoms. The molecule has 4 radical (unpaired) electrons. The Bertz CT molecular complexity index is 1370. The summed E-state index contributed by atoms with van der Waals surface area (Å²) in [5.41, 5.74) is -9.02. The van der Waals surface area contributed by atoms with Gasteiger partial charge in [-0.3, -0.25) is 19.4 Å². The van der Waals surface area contributed by atoms with Gasteiger partial charge in [-0.05, 0) is 43.7 Å². The summed E-state index contributed by atoms with van der Waals surface area (Å²) < 4.78 is 26.5. The van der Waals surface area contributed by atoms with Gasteiger partial charge in [0.05, 0.1) is 18.8 Å². The van der Waals surface area contributed by atoms with Gasteiger partial charge in [0, 0.05) is 43.4 Å². The van der Waals surface area contributed by atoms with Crippen molar-refractivity contribution in [2.75, 3.05) is 20.1 Å². The Morgan fingerprint density at radius 3 is 2.48 bits per heavy atom. The first-order chi connectivity index (χ1) is 19.7. The van der Waals surface area contributed by atoms with Crippen LogP contribution in [0.2, 0.25) is 0 Å². The summed E-state index contributed by atoms with van der Waals surface area (Å²) in [5.74, 6) is -2.77. The van der Waals surface area contributed by atoms with Crippen LogP contribution in [-0.4, -0.2) is 108 Å². The van der Waals surface area contributed by atoms with E-state index in [0.29, 0.717) is 11.4 Å². The molecule has 2 aromatic rings. The Hall–Kier alpha value is -3.29. The molecule has 4 N–H and O–H groups in total. The quantitative estimate of drug-likeness (QED) is 0.212. The van der Waals surface area contributed by atoms with E-state index in [9.17, 15) is 34.1 Å². The van der Waals surface area contributed by atoms with Crippen LogP contribution in [0.25, 0.3) is 0 Å². The van der Waals surface area contributed by atoms with E-state index < -0.39 is 40.9 Å². The third kappa shape index (κ3) is 5.57. The lowest BCUT2D eigenvalue weighted by molar-refractivity contribution is -0.219. The largest absolute Gasteiger partial charge is 0.488 e. The van der Waals surface area contributed by atoms with E-state index in [4.69, 9.17) is 25.2 Å². The zero-order valence-corrected chi connectivity index (χ0v) is 23.5. The van der Waals surface area contributed by atoms with Gasteiger partial charge >= 0.3 is 0 Å². The molecule has 11 nitrogen and oxygen atoms in total. The maximum Gasteiger partial charge on any atom is 0.275 e. The molecule has 2 aliphatic heterocycles. The van der Waals surface area contributed by atoms with Crippen molar-refractivity contribution >= 4 is 33.8 Å². The Morgan fingerprint density at radius 2 is 1.86 bits per heavy atom. The van der Waals surface area contributed by atoms with E-state index in [2.05, 4.69) is 10.2 Å². The lowest BCUT2D eigenvalue weighted by Crippen LogP contribution is -2.79. The number of nitrogens with zero attached hydrogens (tertiary/aromatic N) is 2. The highest BCUT2D eigenvalue weighted by molar-refractivity contribution is 6.33. The van der Waals surface area contributed by atoms with Crippen molar-refractivity contribution in [2.24, 2.45) is 0 Å². The SMILES string of the molecule is [B]C(O)(C=O)C([B])(O)C(O)(C(=O)NC)N1Cc2c(OCc3cc(CN4CC(C)OC(C)C4)ccc3F)cccc2C1=O. The maximum absolute atomic E-state index is 14.8. The summed E-state index contributed by atoms with van der Waals surface area (Å²) in [4.78, 5) is 40.3. The average molecular weight is 579 g/mol. The summed E-state index contributed by atoms with van der Waals surface area (Å²) >= 11 is 0. The first-order valence-corrected chi connectivity index (χ1v) is 13.3. The van der Waals surface area contributed by atoms with Gasteiger partial charge in [-0.25, -0.2) is 4.39 Å². The van der Waals surface area contributed by atoms with Gasteiger partial charge < -0.3 is 34.9 Å². The van der Waals surface area contributed by atoms with E-state index in [0.717, 1.165) is 25.7 Å². The minimum absolute atomic E-state index is 0.0259. The predicted molar refractivity (Wildman–Crippen MR) is 149 cm³/mol. The van der Waals surface area contributed by atoms with Gasteiger partial charge in [0.2, 0.25) is 5.72 Å². The maximum atomic E-state index is 14.8. The second kappa shape index (κ2) is 11.8. The molecule has 2 aliphatic rings. The number of hydrogen-bond donors (Lipinski definition) is 4. The number of carbonyl (C=O) groups excluding carboxylic acids is 3. The zero-order chi connectivity index (χ0) is 31.0. The molecule has 0 aromatic heterocycles. The van der Waals surface area contributed by atoms with E-state index in [1.54, 1.807) is 12.1 Å². The van der Waals surface area contributed by atoms with Crippen molar-refractivity contribution in [3.8, 4) is 5.75 Å². The lowest BCUT2D eigenvalue weighted by Gasteiger charge is -2.50. The summed E-state index contributed by atoms with van der Waals surface area (Å²) in [6.45, 7) is 5.31. The number of likely N-dealkylation sites (N-methyl/N-ethyl adjacent to an activating group) is 1. The van der Waals surface area contributed by atoms with Crippen LogP contribution in [0.1, 0.15) is 40.9 Å². The standard InChI is InChI=1S/C28H32B2FN3O8/c1-16-10-33(11-17(2)42-16)12-18-7-8-22(31)19(9-18)14-41-23-6-4-5-20-21(23)13-34(24(20)36)27(39,25(37)32-3)28(30,40)26(29,38)15-35/h4-9,15-17,38-40H,10-14H2,1-3H3,(H,32,37).